The molecule has 3 N–H and O–H groups in total. The van der Waals surface area contributed by atoms with Gasteiger partial charge in [0.25, 0.3) is 5.91 Å². The molecule has 6 heteroatoms. The standard InChI is InChI=1S/C11H14N4O2/c1-7-5-15(6-9(16)14-7)11-8(10(12)17)3-2-4-13-11/h2-4,7H,5-6H2,1H3,(H2,12,17)(H,14,16). The van der Waals surface area contributed by atoms with Crippen molar-refractivity contribution in [2.45, 2.75) is 13.0 Å². The van der Waals surface area contributed by atoms with Crippen LogP contribution in [0.25, 0.3) is 0 Å². The number of nitrogens with two attached hydrogens (primary N) is 1. The molecule has 0 aliphatic carbocycles. The molecular formula is C11H14N4O2. The Morgan fingerprint density at radius 1 is 1.65 bits per heavy atom. The zero-order valence-corrected chi connectivity index (χ0v) is 9.51. The number of nitrogens with one attached hydrogen (secondary N) is 1. The van der Waals surface area contributed by atoms with E-state index in [0.717, 1.165) is 0 Å². The summed E-state index contributed by atoms with van der Waals surface area (Å²) >= 11 is 0. The average Bonchev–Trinajstić information content (AvgIpc) is 2.27. The van der Waals surface area contributed by atoms with Crippen molar-refractivity contribution in [3.8, 4) is 0 Å². The van der Waals surface area contributed by atoms with E-state index in [2.05, 4.69) is 10.3 Å². The predicted molar refractivity (Wildman–Crippen MR) is 62.6 cm³/mol. The van der Waals surface area contributed by atoms with Gasteiger partial charge in [0, 0.05) is 18.8 Å². The number of nitrogens with zero attached hydrogens (tertiary/aromatic N) is 2. The molecule has 2 amide bonds. The van der Waals surface area contributed by atoms with Gasteiger partial charge in [0.15, 0.2) is 0 Å². The van der Waals surface area contributed by atoms with Gasteiger partial charge in [-0.3, -0.25) is 9.59 Å². The van der Waals surface area contributed by atoms with Gasteiger partial charge in [-0.15, -0.1) is 0 Å². The Bertz CT molecular complexity index is 461. The first-order valence-corrected chi connectivity index (χ1v) is 5.37. The van der Waals surface area contributed by atoms with E-state index in [1.165, 1.54) is 0 Å². The number of piperazine rings is 1. The fourth-order valence-corrected chi connectivity index (χ4v) is 1.94. The van der Waals surface area contributed by atoms with Crippen LogP contribution in [-0.4, -0.2) is 35.9 Å². The zero-order valence-electron chi connectivity index (χ0n) is 9.51. The topological polar surface area (TPSA) is 88.3 Å². The minimum absolute atomic E-state index is 0.0268. The molecule has 1 aliphatic rings. The van der Waals surface area contributed by atoms with Crippen LogP contribution in [0.5, 0.6) is 0 Å². The molecule has 1 aromatic rings. The Kier molecular flexibility index (Phi) is 2.95. The van der Waals surface area contributed by atoms with Crippen molar-refractivity contribution >= 4 is 17.6 Å². The molecule has 2 heterocycles. The van der Waals surface area contributed by atoms with Crippen molar-refractivity contribution in [3.63, 3.8) is 0 Å². The van der Waals surface area contributed by atoms with Crippen LogP contribution in [0.15, 0.2) is 18.3 Å². The van der Waals surface area contributed by atoms with Crippen LogP contribution in [-0.2, 0) is 4.79 Å². The second-order valence-corrected chi connectivity index (χ2v) is 4.09. The van der Waals surface area contributed by atoms with Gasteiger partial charge in [-0.05, 0) is 19.1 Å². The van der Waals surface area contributed by atoms with Crippen molar-refractivity contribution in [2.75, 3.05) is 18.0 Å². The number of anilines is 1. The summed E-state index contributed by atoms with van der Waals surface area (Å²) in [5.74, 6) is -0.141. The van der Waals surface area contributed by atoms with E-state index in [0.29, 0.717) is 17.9 Å². The minimum atomic E-state index is -0.535. The largest absolute Gasteiger partial charge is 0.365 e. The van der Waals surface area contributed by atoms with Gasteiger partial charge in [0.1, 0.15) is 5.82 Å². The highest BCUT2D eigenvalue weighted by Gasteiger charge is 2.25. The molecular weight excluding hydrogens is 220 g/mol. The SMILES string of the molecule is CC1CN(c2ncccc2C(N)=O)CC(=O)N1. The molecule has 1 unspecified atom stereocenters. The maximum absolute atomic E-state index is 11.4. The zero-order chi connectivity index (χ0) is 12.4. The highest BCUT2D eigenvalue weighted by molar-refractivity contribution is 5.98. The maximum Gasteiger partial charge on any atom is 0.252 e. The predicted octanol–water partition coefficient (Wildman–Crippen LogP) is -0.495. The van der Waals surface area contributed by atoms with E-state index in [9.17, 15) is 9.59 Å². The van der Waals surface area contributed by atoms with Gasteiger partial charge in [0.2, 0.25) is 5.91 Å². The van der Waals surface area contributed by atoms with E-state index >= 15 is 0 Å². The highest BCUT2D eigenvalue weighted by Crippen LogP contribution is 2.18. The van der Waals surface area contributed by atoms with Crippen molar-refractivity contribution in [3.05, 3.63) is 23.9 Å². The molecule has 0 spiro atoms. The van der Waals surface area contributed by atoms with Gasteiger partial charge < -0.3 is 16.0 Å². The number of carbonyl (C=O) groups is 2. The molecule has 1 aromatic heterocycles. The first kappa shape index (κ1) is 11.4. The summed E-state index contributed by atoms with van der Waals surface area (Å²) in [7, 11) is 0. The second kappa shape index (κ2) is 4.40. The third-order valence-corrected chi connectivity index (χ3v) is 2.59. The number of primary amides is 1. The molecule has 1 saturated heterocycles. The molecule has 6 nitrogen and oxygen atoms in total. The summed E-state index contributed by atoms with van der Waals surface area (Å²) in [6, 6.07) is 3.29. The minimum Gasteiger partial charge on any atom is -0.365 e. The Balaban J connectivity index is 2.33. The quantitative estimate of drug-likeness (QED) is 0.722. The van der Waals surface area contributed by atoms with Crippen molar-refractivity contribution in [2.24, 2.45) is 5.73 Å². The summed E-state index contributed by atoms with van der Waals surface area (Å²) in [6.07, 6.45) is 1.58. The van der Waals surface area contributed by atoms with Gasteiger partial charge in [-0.25, -0.2) is 4.98 Å². The van der Waals surface area contributed by atoms with Crippen molar-refractivity contribution in [1.29, 1.82) is 0 Å². The molecule has 17 heavy (non-hydrogen) atoms. The Hall–Kier alpha value is -2.11. The van der Waals surface area contributed by atoms with Gasteiger partial charge in [0.05, 0.1) is 12.1 Å². The lowest BCUT2D eigenvalue weighted by molar-refractivity contribution is -0.121. The number of rotatable bonds is 2. The fourth-order valence-electron chi connectivity index (χ4n) is 1.94. The lowest BCUT2D eigenvalue weighted by Gasteiger charge is -2.32. The number of pyridine rings is 1. The molecule has 2 rings (SSSR count). The van der Waals surface area contributed by atoms with Gasteiger partial charge >= 0.3 is 0 Å². The summed E-state index contributed by atoms with van der Waals surface area (Å²) in [5.41, 5.74) is 5.63. The maximum atomic E-state index is 11.4. The molecule has 0 saturated carbocycles. The molecule has 0 radical (unpaired) electrons. The van der Waals surface area contributed by atoms with Crippen molar-refractivity contribution in [1.82, 2.24) is 10.3 Å². The normalized spacial score (nSPS) is 19.9. The van der Waals surface area contributed by atoms with Crippen LogP contribution in [0.1, 0.15) is 17.3 Å². The third-order valence-electron chi connectivity index (χ3n) is 2.59. The third kappa shape index (κ3) is 2.35. The first-order valence-electron chi connectivity index (χ1n) is 5.37. The fraction of sp³-hybridized carbons (Fsp3) is 0.364. The van der Waals surface area contributed by atoms with Gasteiger partial charge in [-0.2, -0.15) is 0 Å². The van der Waals surface area contributed by atoms with E-state index < -0.39 is 5.91 Å². The van der Waals surface area contributed by atoms with Crippen LogP contribution >= 0.6 is 0 Å². The number of amides is 2. The van der Waals surface area contributed by atoms with Crippen LogP contribution in [0.2, 0.25) is 0 Å². The summed E-state index contributed by atoms with van der Waals surface area (Å²) in [6.45, 7) is 2.71. The Morgan fingerprint density at radius 2 is 2.41 bits per heavy atom. The summed E-state index contributed by atoms with van der Waals surface area (Å²) in [4.78, 5) is 28.6. The van der Waals surface area contributed by atoms with Crippen LogP contribution in [0.4, 0.5) is 5.82 Å². The number of carbonyl (C=O) groups excluding carboxylic acids is 2. The molecule has 0 bridgehead atoms. The van der Waals surface area contributed by atoms with E-state index in [1.807, 2.05) is 6.92 Å². The first-order chi connectivity index (χ1) is 8.08. The molecule has 1 fully saturated rings. The van der Waals surface area contributed by atoms with Gasteiger partial charge in [-0.1, -0.05) is 0 Å². The lowest BCUT2D eigenvalue weighted by atomic mass is 10.2. The van der Waals surface area contributed by atoms with Crippen molar-refractivity contribution < 1.29 is 9.59 Å². The Labute approximate surface area is 98.8 Å². The summed E-state index contributed by atoms with van der Waals surface area (Å²) in [5, 5.41) is 2.80. The molecule has 90 valence electrons. The van der Waals surface area contributed by atoms with E-state index in [4.69, 9.17) is 5.73 Å². The van der Waals surface area contributed by atoms with Crippen LogP contribution in [0.3, 0.4) is 0 Å². The average molecular weight is 234 g/mol. The highest BCUT2D eigenvalue weighted by atomic mass is 16.2. The lowest BCUT2D eigenvalue weighted by Crippen LogP contribution is -2.53. The Morgan fingerprint density at radius 3 is 3.06 bits per heavy atom. The smallest absolute Gasteiger partial charge is 0.252 e. The number of hydrogen-bond acceptors (Lipinski definition) is 4. The van der Waals surface area contributed by atoms with Crippen LogP contribution < -0.4 is 16.0 Å². The van der Waals surface area contributed by atoms with Crippen LogP contribution in [0, 0.1) is 0 Å². The monoisotopic (exact) mass is 234 g/mol. The molecule has 0 aromatic carbocycles. The van der Waals surface area contributed by atoms with E-state index in [1.54, 1.807) is 23.2 Å². The second-order valence-electron chi connectivity index (χ2n) is 4.09. The van der Waals surface area contributed by atoms with E-state index in [-0.39, 0.29) is 18.5 Å². The number of hydrogen-bond donors (Lipinski definition) is 2. The molecule has 1 atom stereocenters. The molecule has 1 aliphatic heterocycles. The summed E-state index contributed by atoms with van der Waals surface area (Å²) < 4.78 is 0. The number of aromatic nitrogens is 1.